The number of aromatic nitrogens is 2. The zero-order valence-electron chi connectivity index (χ0n) is 13.3. The number of nitrogens with zero attached hydrogens (tertiary/aromatic N) is 2. The summed E-state index contributed by atoms with van der Waals surface area (Å²) in [6.45, 7) is 7.78. The Morgan fingerprint density at radius 2 is 1.80 bits per heavy atom. The molecule has 0 saturated heterocycles. The van der Waals surface area contributed by atoms with Crippen LogP contribution in [0.5, 0.6) is 0 Å². The van der Waals surface area contributed by atoms with E-state index >= 15 is 0 Å². The van der Waals surface area contributed by atoms with Crippen LogP contribution in [0, 0.1) is 5.41 Å². The van der Waals surface area contributed by atoms with Crippen LogP contribution in [-0.4, -0.2) is 23.6 Å². The summed E-state index contributed by atoms with van der Waals surface area (Å²) >= 11 is 0. The van der Waals surface area contributed by atoms with E-state index in [-0.39, 0.29) is 0 Å². The van der Waals surface area contributed by atoms with Gasteiger partial charge in [-0.3, -0.25) is 0 Å². The fourth-order valence-electron chi connectivity index (χ4n) is 3.16. The first-order chi connectivity index (χ1) is 9.56. The van der Waals surface area contributed by atoms with E-state index in [0.29, 0.717) is 11.3 Å². The van der Waals surface area contributed by atoms with E-state index in [1.807, 2.05) is 7.05 Å². The molecular weight excluding hydrogens is 248 g/mol. The van der Waals surface area contributed by atoms with Crippen LogP contribution in [0.25, 0.3) is 0 Å². The molecule has 1 aromatic rings. The van der Waals surface area contributed by atoms with Crippen LogP contribution < -0.4 is 10.6 Å². The van der Waals surface area contributed by atoms with Gasteiger partial charge in [0.05, 0.1) is 0 Å². The summed E-state index contributed by atoms with van der Waals surface area (Å²) in [5, 5.41) is 6.76. The Labute approximate surface area is 122 Å². The van der Waals surface area contributed by atoms with Crippen molar-refractivity contribution < 1.29 is 0 Å². The third-order valence-electron chi connectivity index (χ3n) is 4.44. The van der Waals surface area contributed by atoms with Gasteiger partial charge in [0.2, 0.25) is 0 Å². The fraction of sp³-hybridized carbons (Fsp3) is 0.750. The smallest absolute Gasteiger partial charge is 0.135 e. The second kappa shape index (κ2) is 6.42. The Hall–Kier alpha value is -1.32. The summed E-state index contributed by atoms with van der Waals surface area (Å²) in [4.78, 5) is 8.79. The van der Waals surface area contributed by atoms with Crippen molar-refractivity contribution >= 4 is 11.6 Å². The van der Waals surface area contributed by atoms with Gasteiger partial charge in [0.25, 0.3) is 0 Å². The number of rotatable bonds is 5. The maximum Gasteiger partial charge on any atom is 0.135 e. The molecule has 0 aromatic carbocycles. The van der Waals surface area contributed by atoms with Crippen LogP contribution >= 0.6 is 0 Å². The zero-order valence-corrected chi connectivity index (χ0v) is 13.3. The molecule has 1 saturated carbocycles. The third kappa shape index (κ3) is 3.41. The molecule has 112 valence electrons. The lowest BCUT2D eigenvalue weighted by Crippen LogP contribution is -2.29. The molecule has 1 aliphatic carbocycles. The van der Waals surface area contributed by atoms with Crippen molar-refractivity contribution in [1.29, 1.82) is 0 Å². The summed E-state index contributed by atoms with van der Waals surface area (Å²) in [5.74, 6) is 2.33. The number of nitrogens with one attached hydrogen (secondary N) is 2. The molecule has 0 unspecified atom stereocenters. The molecule has 0 bridgehead atoms. The second-order valence-electron chi connectivity index (χ2n) is 6.61. The number of hydrogen-bond acceptors (Lipinski definition) is 4. The van der Waals surface area contributed by atoms with Crippen molar-refractivity contribution in [1.82, 2.24) is 9.97 Å². The molecule has 4 nitrogen and oxygen atoms in total. The van der Waals surface area contributed by atoms with Crippen molar-refractivity contribution in [3.63, 3.8) is 0 Å². The molecule has 4 heteroatoms. The standard InChI is InChI=1S/C16H28N4/c1-12(2)13-14(17-4)19-11-20-15(13)18-10-16(3)8-6-5-7-9-16/h11-12H,5-10H2,1-4H3,(H2,17,18,19,20). The highest BCUT2D eigenvalue weighted by Gasteiger charge is 2.27. The van der Waals surface area contributed by atoms with Crippen LogP contribution in [0.3, 0.4) is 0 Å². The predicted molar refractivity (Wildman–Crippen MR) is 85.3 cm³/mol. The molecule has 2 N–H and O–H groups in total. The predicted octanol–water partition coefficient (Wildman–Crippen LogP) is 4.02. The maximum atomic E-state index is 4.46. The Morgan fingerprint density at radius 3 is 2.40 bits per heavy atom. The lowest BCUT2D eigenvalue weighted by Gasteiger charge is -2.34. The van der Waals surface area contributed by atoms with E-state index in [4.69, 9.17) is 0 Å². The normalized spacial score (nSPS) is 18.1. The highest BCUT2D eigenvalue weighted by molar-refractivity contribution is 5.58. The van der Waals surface area contributed by atoms with E-state index in [9.17, 15) is 0 Å². The van der Waals surface area contributed by atoms with Crippen molar-refractivity contribution in [2.75, 3.05) is 24.2 Å². The zero-order chi connectivity index (χ0) is 14.6. The van der Waals surface area contributed by atoms with E-state index < -0.39 is 0 Å². The molecule has 1 aromatic heterocycles. The first-order valence-corrected chi connectivity index (χ1v) is 7.82. The van der Waals surface area contributed by atoms with Gasteiger partial charge in [0, 0.05) is 19.2 Å². The molecule has 0 aliphatic heterocycles. The monoisotopic (exact) mass is 276 g/mol. The first kappa shape index (κ1) is 15.1. The van der Waals surface area contributed by atoms with E-state index in [1.54, 1.807) is 6.33 Å². The lowest BCUT2D eigenvalue weighted by atomic mass is 9.76. The minimum Gasteiger partial charge on any atom is -0.373 e. The van der Waals surface area contributed by atoms with Gasteiger partial charge in [0.15, 0.2) is 0 Å². The first-order valence-electron chi connectivity index (χ1n) is 7.82. The van der Waals surface area contributed by atoms with Crippen LogP contribution in [0.4, 0.5) is 11.6 Å². The van der Waals surface area contributed by atoms with Gasteiger partial charge < -0.3 is 10.6 Å². The summed E-state index contributed by atoms with van der Waals surface area (Å²) < 4.78 is 0. The van der Waals surface area contributed by atoms with Gasteiger partial charge in [-0.1, -0.05) is 40.0 Å². The molecule has 2 rings (SSSR count). The molecule has 1 aliphatic rings. The Kier molecular flexibility index (Phi) is 4.84. The van der Waals surface area contributed by atoms with Crippen LogP contribution in [0.15, 0.2) is 6.33 Å². The molecule has 1 heterocycles. The quantitative estimate of drug-likeness (QED) is 0.852. The van der Waals surface area contributed by atoms with Crippen LogP contribution in [-0.2, 0) is 0 Å². The third-order valence-corrected chi connectivity index (χ3v) is 4.44. The Morgan fingerprint density at radius 1 is 1.15 bits per heavy atom. The van der Waals surface area contributed by atoms with Crippen LogP contribution in [0.2, 0.25) is 0 Å². The maximum absolute atomic E-state index is 4.46. The van der Waals surface area contributed by atoms with Gasteiger partial charge in [0.1, 0.15) is 18.0 Å². The molecule has 0 amide bonds. The topological polar surface area (TPSA) is 49.8 Å². The summed E-state index contributed by atoms with van der Waals surface area (Å²) in [6.07, 6.45) is 8.40. The summed E-state index contributed by atoms with van der Waals surface area (Å²) in [5.41, 5.74) is 1.60. The van der Waals surface area contributed by atoms with Gasteiger partial charge in [-0.25, -0.2) is 9.97 Å². The van der Waals surface area contributed by atoms with Crippen molar-refractivity contribution in [2.45, 2.75) is 58.8 Å². The van der Waals surface area contributed by atoms with Gasteiger partial charge in [-0.15, -0.1) is 0 Å². The van der Waals surface area contributed by atoms with Crippen molar-refractivity contribution in [2.24, 2.45) is 5.41 Å². The number of anilines is 2. The van der Waals surface area contributed by atoms with Gasteiger partial charge >= 0.3 is 0 Å². The Balaban J connectivity index is 2.12. The second-order valence-corrected chi connectivity index (χ2v) is 6.61. The Bertz CT molecular complexity index is 436. The van der Waals surface area contributed by atoms with Crippen molar-refractivity contribution in [3.8, 4) is 0 Å². The average molecular weight is 276 g/mol. The highest BCUT2D eigenvalue weighted by atomic mass is 15.1. The largest absolute Gasteiger partial charge is 0.373 e. The van der Waals surface area contributed by atoms with Gasteiger partial charge in [-0.2, -0.15) is 0 Å². The van der Waals surface area contributed by atoms with Crippen LogP contribution in [0.1, 0.15) is 64.4 Å². The summed E-state index contributed by atoms with van der Waals surface area (Å²) in [7, 11) is 1.92. The van der Waals surface area contributed by atoms with E-state index in [2.05, 4.69) is 41.4 Å². The molecular formula is C16H28N4. The molecule has 0 radical (unpaired) electrons. The van der Waals surface area contributed by atoms with Gasteiger partial charge in [-0.05, 0) is 24.2 Å². The van der Waals surface area contributed by atoms with Crippen molar-refractivity contribution in [3.05, 3.63) is 11.9 Å². The summed E-state index contributed by atoms with van der Waals surface area (Å²) in [6, 6.07) is 0. The fourth-order valence-corrected chi connectivity index (χ4v) is 3.16. The molecule has 20 heavy (non-hydrogen) atoms. The molecule has 0 spiro atoms. The molecule has 1 fully saturated rings. The minimum atomic E-state index is 0.403. The lowest BCUT2D eigenvalue weighted by molar-refractivity contribution is 0.233. The minimum absolute atomic E-state index is 0.403. The average Bonchev–Trinajstić information content (AvgIpc) is 2.45. The number of hydrogen-bond donors (Lipinski definition) is 2. The SMILES string of the molecule is CNc1ncnc(NCC2(C)CCCCC2)c1C(C)C. The van der Waals surface area contributed by atoms with E-state index in [0.717, 1.165) is 18.2 Å². The van der Waals surface area contributed by atoms with E-state index in [1.165, 1.54) is 37.7 Å². The highest BCUT2D eigenvalue weighted by Crippen LogP contribution is 2.36. The molecule has 0 atom stereocenters.